The maximum atomic E-state index is 12.2. The lowest BCUT2D eigenvalue weighted by Crippen LogP contribution is -2.15. The van der Waals surface area contributed by atoms with Gasteiger partial charge in [0.25, 0.3) is 10.0 Å². The van der Waals surface area contributed by atoms with Gasteiger partial charge >= 0.3 is 0 Å². The van der Waals surface area contributed by atoms with Crippen LogP contribution in [0.15, 0.2) is 41.4 Å². The van der Waals surface area contributed by atoms with Crippen molar-refractivity contribution in [2.24, 2.45) is 0 Å². The fourth-order valence-corrected chi connectivity index (χ4v) is 2.64. The van der Waals surface area contributed by atoms with Gasteiger partial charge in [0.2, 0.25) is 5.95 Å². The van der Waals surface area contributed by atoms with Crippen molar-refractivity contribution in [2.75, 3.05) is 16.6 Å². The molecular formula is C14H15N5O2S. The van der Waals surface area contributed by atoms with E-state index >= 15 is 0 Å². The van der Waals surface area contributed by atoms with Gasteiger partial charge in [0.1, 0.15) is 0 Å². The maximum absolute atomic E-state index is 12.2. The van der Waals surface area contributed by atoms with E-state index in [4.69, 9.17) is 5.26 Å². The third-order valence-corrected chi connectivity index (χ3v) is 4.10. The molecule has 8 heteroatoms. The van der Waals surface area contributed by atoms with Crippen molar-refractivity contribution in [3.05, 3.63) is 42.2 Å². The Balaban J connectivity index is 2.11. The molecule has 0 amide bonds. The van der Waals surface area contributed by atoms with Crippen LogP contribution in [0.1, 0.15) is 12.1 Å². The Labute approximate surface area is 129 Å². The first-order valence-electron chi connectivity index (χ1n) is 6.54. The molecule has 1 heterocycles. The number of sulfonamides is 1. The van der Waals surface area contributed by atoms with Crippen LogP contribution in [-0.2, 0) is 10.0 Å². The second kappa shape index (κ2) is 6.87. The van der Waals surface area contributed by atoms with Crippen LogP contribution < -0.4 is 10.0 Å². The summed E-state index contributed by atoms with van der Waals surface area (Å²) in [6.07, 6.45) is 1.87. The molecule has 114 valence electrons. The first-order valence-corrected chi connectivity index (χ1v) is 8.03. The third-order valence-electron chi connectivity index (χ3n) is 2.75. The normalized spacial score (nSPS) is 10.7. The monoisotopic (exact) mass is 317 g/mol. The molecule has 22 heavy (non-hydrogen) atoms. The van der Waals surface area contributed by atoms with Gasteiger partial charge in [-0.05, 0) is 37.3 Å². The minimum atomic E-state index is -3.73. The predicted octanol–water partition coefficient (Wildman–Crippen LogP) is 1.91. The highest BCUT2D eigenvalue weighted by atomic mass is 32.2. The number of aromatic nitrogens is 2. The summed E-state index contributed by atoms with van der Waals surface area (Å²) in [6.45, 7) is 2.26. The van der Waals surface area contributed by atoms with Crippen LogP contribution >= 0.6 is 0 Å². The zero-order chi connectivity index (χ0) is 16.0. The molecule has 0 bridgehead atoms. The Kier molecular flexibility index (Phi) is 4.91. The van der Waals surface area contributed by atoms with Gasteiger partial charge in [0, 0.05) is 24.1 Å². The molecule has 2 rings (SSSR count). The number of nitriles is 1. The fourth-order valence-electron chi connectivity index (χ4n) is 1.69. The van der Waals surface area contributed by atoms with E-state index in [1.807, 2.05) is 6.07 Å². The molecule has 2 aromatic rings. The van der Waals surface area contributed by atoms with Crippen LogP contribution in [-0.4, -0.2) is 24.9 Å². The van der Waals surface area contributed by atoms with Gasteiger partial charge in [-0.15, -0.1) is 0 Å². The minimum absolute atomic E-state index is 0.0382. The molecule has 0 spiro atoms. The summed E-state index contributed by atoms with van der Waals surface area (Å²) in [5.74, 6) is 0.0382. The van der Waals surface area contributed by atoms with E-state index in [9.17, 15) is 8.42 Å². The van der Waals surface area contributed by atoms with E-state index in [1.165, 1.54) is 18.3 Å². The summed E-state index contributed by atoms with van der Waals surface area (Å²) in [4.78, 5) is 7.99. The molecule has 1 aromatic carbocycles. The van der Waals surface area contributed by atoms with E-state index in [0.717, 1.165) is 5.69 Å². The van der Waals surface area contributed by atoms with Crippen molar-refractivity contribution in [3.8, 4) is 6.07 Å². The standard InChI is InChI=1S/C14H15N5O2S/c1-11-7-10-17-14(18-11)19-22(20,21)13-5-3-12(4-6-13)16-9-2-8-15/h3-7,10,16H,2,9H2,1H3,(H,17,18,19). The Morgan fingerprint density at radius 1 is 1.23 bits per heavy atom. The SMILES string of the molecule is Cc1ccnc(NS(=O)(=O)c2ccc(NCCC#N)cc2)n1. The molecule has 0 fully saturated rings. The third kappa shape index (κ3) is 4.17. The molecule has 0 aliphatic heterocycles. The van der Waals surface area contributed by atoms with E-state index in [1.54, 1.807) is 25.1 Å². The van der Waals surface area contributed by atoms with E-state index in [0.29, 0.717) is 18.7 Å². The van der Waals surface area contributed by atoms with Crippen LogP contribution in [0.2, 0.25) is 0 Å². The molecular weight excluding hydrogens is 302 g/mol. The van der Waals surface area contributed by atoms with Gasteiger partial charge in [-0.25, -0.2) is 23.1 Å². The Morgan fingerprint density at radius 3 is 2.59 bits per heavy atom. The molecule has 0 aliphatic carbocycles. The lowest BCUT2D eigenvalue weighted by molar-refractivity contribution is 0.601. The highest BCUT2D eigenvalue weighted by Crippen LogP contribution is 2.16. The molecule has 0 aliphatic rings. The summed E-state index contributed by atoms with van der Waals surface area (Å²) in [6, 6.07) is 9.95. The fraction of sp³-hybridized carbons (Fsp3) is 0.214. The largest absolute Gasteiger partial charge is 0.384 e. The molecule has 0 atom stereocenters. The van der Waals surface area contributed by atoms with Crippen molar-refractivity contribution in [3.63, 3.8) is 0 Å². The zero-order valence-corrected chi connectivity index (χ0v) is 12.8. The van der Waals surface area contributed by atoms with Crippen LogP contribution in [0.25, 0.3) is 0 Å². The molecule has 0 radical (unpaired) electrons. The molecule has 1 aromatic heterocycles. The van der Waals surface area contributed by atoms with E-state index < -0.39 is 10.0 Å². The average molecular weight is 317 g/mol. The second-order valence-corrected chi connectivity index (χ2v) is 6.17. The van der Waals surface area contributed by atoms with Gasteiger partial charge in [-0.2, -0.15) is 5.26 Å². The van der Waals surface area contributed by atoms with Crippen molar-refractivity contribution < 1.29 is 8.42 Å². The summed E-state index contributed by atoms with van der Waals surface area (Å²) < 4.78 is 26.8. The van der Waals surface area contributed by atoms with Gasteiger partial charge in [0.15, 0.2) is 0 Å². The highest BCUT2D eigenvalue weighted by molar-refractivity contribution is 7.92. The van der Waals surface area contributed by atoms with Crippen molar-refractivity contribution in [2.45, 2.75) is 18.2 Å². The summed E-state index contributed by atoms with van der Waals surface area (Å²) >= 11 is 0. The molecule has 0 saturated heterocycles. The van der Waals surface area contributed by atoms with Gasteiger partial charge in [-0.3, -0.25) is 0 Å². The number of rotatable bonds is 6. The van der Waals surface area contributed by atoms with Crippen LogP contribution in [0, 0.1) is 18.3 Å². The number of anilines is 2. The quantitative estimate of drug-likeness (QED) is 0.788. The molecule has 0 unspecified atom stereocenters. The maximum Gasteiger partial charge on any atom is 0.264 e. The van der Waals surface area contributed by atoms with E-state index in [2.05, 4.69) is 20.0 Å². The molecule has 0 saturated carbocycles. The van der Waals surface area contributed by atoms with Gasteiger partial charge < -0.3 is 5.32 Å². The minimum Gasteiger partial charge on any atom is -0.384 e. The van der Waals surface area contributed by atoms with Gasteiger partial charge in [-0.1, -0.05) is 0 Å². The lowest BCUT2D eigenvalue weighted by atomic mass is 10.3. The van der Waals surface area contributed by atoms with Gasteiger partial charge in [0.05, 0.1) is 17.4 Å². The molecule has 2 N–H and O–H groups in total. The number of hydrogen-bond donors (Lipinski definition) is 2. The Bertz CT molecular complexity index is 782. The first kappa shape index (κ1) is 15.7. The lowest BCUT2D eigenvalue weighted by Gasteiger charge is -2.08. The van der Waals surface area contributed by atoms with Crippen molar-refractivity contribution in [1.29, 1.82) is 5.26 Å². The first-order chi connectivity index (χ1) is 10.5. The second-order valence-electron chi connectivity index (χ2n) is 4.49. The van der Waals surface area contributed by atoms with Crippen molar-refractivity contribution in [1.82, 2.24) is 9.97 Å². The number of aryl methyl sites for hydroxylation is 1. The Morgan fingerprint density at radius 2 is 1.95 bits per heavy atom. The number of hydrogen-bond acceptors (Lipinski definition) is 6. The number of benzene rings is 1. The summed E-state index contributed by atoms with van der Waals surface area (Å²) in [5.41, 5.74) is 1.42. The van der Waals surface area contributed by atoms with Crippen LogP contribution in [0.5, 0.6) is 0 Å². The number of nitrogens with zero attached hydrogens (tertiary/aromatic N) is 3. The predicted molar refractivity (Wildman–Crippen MR) is 82.7 cm³/mol. The van der Waals surface area contributed by atoms with E-state index in [-0.39, 0.29) is 10.8 Å². The smallest absolute Gasteiger partial charge is 0.264 e. The summed E-state index contributed by atoms with van der Waals surface area (Å²) in [5, 5.41) is 11.5. The van der Waals surface area contributed by atoms with Crippen molar-refractivity contribution >= 4 is 21.7 Å². The topological polar surface area (TPSA) is 108 Å². The zero-order valence-electron chi connectivity index (χ0n) is 11.9. The highest BCUT2D eigenvalue weighted by Gasteiger charge is 2.15. The van der Waals surface area contributed by atoms with Crippen LogP contribution in [0.3, 0.4) is 0 Å². The average Bonchev–Trinajstić information content (AvgIpc) is 2.47. The van der Waals surface area contributed by atoms with Crippen LogP contribution in [0.4, 0.5) is 11.6 Å². The Hall–Kier alpha value is -2.66. The molecule has 7 nitrogen and oxygen atoms in total. The number of nitrogens with one attached hydrogen (secondary N) is 2. The summed E-state index contributed by atoms with van der Waals surface area (Å²) in [7, 11) is -3.73.